The molecule has 0 aromatic heterocycles. The van der Waals surface area contributed by atoms with E-state index in [1.165, 1.54) is 19.1 Å². The summed E-state index contributed by atoms with van der Waals surface area (Å²) in [5.41, 5.74) is 6.37. The number of aryl methyl sites for hydroxylation is 1. The van der Waals surface area contributed by atoms with Crippen LogP contribution in [-0.2, 0) is 0 Å². The van der Waals surface area contributed by atoms with Crippen molar-refractivity contribution in [2.75, 3.05) is 11.1 Å². The monoisotopic (exact) mass is 390 g/mol. The Balaban J connectivity index is 2.37. The van der Waals surface area contributed by atoms with Gasteiger partial charge in [0, 0.05) is 10.2 Å². The number of anilines is 2. The summed E-state index contributed by atoms with van der Waals surface area (Å²) >= 11 is 15.2. The second-order valence-corrected chi connectivity index (χ2v) is 5.99. The molecule has 2 aromatic carbocycles. The van der Waals surface area contributed by atoms with E-state index >= 15 is 0 Å². The first-order valence-corrected chi connectivity index (χ1v) is 7.36. The molecular weight excluding hydrogens is 382 g/mol. The van der Waals surface area contributed by atoms with E-state index in [9.17, 15) is 9.18 Å². The van der Waals surface area contributed by atoms with Gasteiger partial charge in [0.1, 0.15) is 5.82 Å². The van der Waals surface area contributed by atoms with Gasteiger partial charge in [-0.1, -0.05) is 23.2 Å². The minimum absolute atomic E-state index is 0.150. The van der Waals surface area contributed by atoms with Crippen LogP contribution in [0.4, 0.5) is 15.8 Å². The zero-order valence-electron chi connectivity index (χ0n) is 10.8. The van der Waals surface area contributed by atoms with Crippen molar-refractivity contribution in [3.63, 3.8) is 0 Å². The molecule has 0 aliphatic carbocycles. The maximum absolute atomic E-state index is 14.0. The van der Waals surface area contributed by atoms with E-state index in [0.29, 0.717) is 15.7 Å². The molecular formula is C14H10BrCl2FN2O. The molecule has 1 amide bonds. The predicted octanol–water partition coefficient (Wildman–Crippen LogP) is 5.04. The lowest BCUT2D eigenvalue weighted by molar-refractivity contribution is 0.102. The molecule has 2 aromatic rings. The van der Waals surface area contributed by atoms with E-state index in [1.54, 1.807) is 12.1 Å². The van der Waals surface area contributed by atoms with Gasteiger partial charge in [0.15, 0.2) is 0 Å². The summed E-state index contributed by atoms with van der Waals surface area (Å²) in [5.74, 6) is -1.27. The van der Waals surface area contributed by atoms with Gasteiger partial charge in [-0.25, -0.2) is 4.39 Å². The van der Waals surface area contributed by atoms with Crippen molar-refractivity contribution >= 4 is 56.4 Å². The highest BCUT2D eigenvalue weighted by Crippen LogP contribution is 2.36. The second-order valence-electron chi connectivity index (χ2n) is 4.38. The van der Waals surface area contributed by atoms with Gasteiger partial charge < -0.3 is 11.1 Å². The predicted molar refractivity (Wildman–Crippen MR) is 87.7 cm³/mol. The summed E-state index contributed by atoms with van der Waals surface area (Å²) in [6, 6.07) is 5.92. The Hall–Kier alpha value is -1.30. The fraction of sp³-hybridized carbons (Fsp3) is 0.0714. The molecule has 110 valence electrons. The van der Waals surface area contributed by atoms with Crippen molar-refractivity contribution in [3.05, 3.63) is 55.7 Å². The first kappa shape index (κ1) is 16.1. The summed E-state index contributed by atoms with van der Waals surface area (Å²) in [6.07, 6.45) is 0. The van der Waals surface area contributed by atoms with Crippen LogP contribution in [0.15, 0.2) is 28.7 Å². The van der Waals surface area contributed by atoms with Gasteiger partial charge in [0.2, 0.25) is 0 Å². The smallest absolute Gasteiger partial charge is 0.258 e. The van der Waals surface area contributed by atoms with E-state index in [0.717, 1.165) is 0 Å². The number of hydrogen-bond donors (Lipinski definition) is 2. The molecule has 0 saturated carbocycles. The third kappa shape index (κ3) is 3.31. The van der Waals surface area contributed by atoms with Crippen molar-refractivity contribution in [1.82, 2.24) is 0 Å². The molecule has 0 heterocycles. The Morgan fingerprint density at radius 2 is 1.95 bits per heavy atom. The van der Waals surface area contributed by atoms with E-state index in [-0.39, 0.29) is 21.3 Å². The summed E-state index contributed by atoms with van der Waals surface area (Å²) in [6.45, 7) is 1.53. The van der Waals surface area contributed by atoms with Crippen molar-refractivity contribution in [3.8, 4) is 0 Å². The van der Waals surface area contributed by atoms with Crippen LogP contribution in [0.2, 0.25) is 10.0 Å². The lowest BCUT2D eigenvalue weighted by Crippen LogP contribution is -2.15. The Bertz CT molecular complexity index is 737. The molecule has 0 saturated heterocycles. The third-order valence-corrected chi connectivity index (χ3v) is 4.58. The SMILES string of the molecule is Cc1cc(N)cc(C(=O)Nc2ccc(Br)c(Cl)c2Cl)c1F. The van der Waals surface area contributed by atoms with E-state index in [4.69, 9.17) is 28.9 Å². The average molecular weight is 392 g/mol. The van der Waals surface area contributed by atoms with Crippen LogP contribution in [0, 0.1) is 12.7 Å². The molecule has 3 N–H and O–H groups in total. The number of carbonyl (C=O) groups excluding carboxylic acids is 1. The number of halogens is 4. The van der Waals surface area contributed by atoms with Crippen molar-refractivity contribution in [1.29, 1.82) is 0 Å². The summed E-state index contributed by atoms with van der Waals surface area (Å²) in [7, 11) is 0. The molecule has 0 bridgehead atoms. The Morgan fingerprint density at radius 1 is 1.29 bits per heavy atom. The number of nitrogens with one attached hydrogen (secondary N) is 1. The van der Waals surface area contributed by atoms with Gasteiger partial charge in [0.05, 0.1) is 21.3 Å². The molecule has 0 aliphatic rings. The highest BCUT2D eigenvalue weighted by Gasteiger charge is 2.17. The normalized spacial score (nSPS) is 10.5. The molecule has 0 aliphatic heterocycles. The fourth-order valence-corrected chi connectivity index (χ4v) is 2.60. The van der Waals surface area contributed by atoms with E-state index in [2.05, 4.69) is 21.2 Å². The Kier molecular flexibility index (Phi) is 4.76. The lowest BCUT2D eigenvalue weighted by atomic mass is 10.1. The summed E-state index contributed by atoms with van der Waals surface area (Å²) < 4.78 is 14.6. The Labute approximate surface area is 139 Å². The highest BCUT2D eigenvalue weighted by molar-refractivity contribution is 9.10. The molecule has 21 heavy (non-hydrogen) atoms. The molecule has 0 spiro atoms. The number of nitrogens with two attached hydrogens (primary N) is 1. The molecule has 0 atom stereocenters. The van der Waals surface area contributed by atoms with Crippen LogP contribution in [0.5, 0.6) is 0 Å². The van der Waals surface area contributed by atoms with E-state index < -0.39 is 11.7 Å². The summed E-state index contributed by atoms with van der Waals surface area (Å²) in [4.78, 5) is 12.2. The first-order chi connectivity index (χ1) is 9.81. The van der Waals surface area contributed by atoms with Crippen LogP contribution < -0.4 is 11.1 Å². The van der Waals surface area contributed by atoms with Crippen molar-refractivity contribution in [2.45, 2.75) is 6.92 Å². The van der Waals surface area contributed by atoms with Crippen molar-refractivity contribution in [2.24, 2.45) is 0 Å². The topological polar surface area (TPSA) is 55.1 Å². The van der Waals surface area contributed by atoms with Gasteiger partial charge in [0.25, 0.3) is 5.91 Å². The number of hydrogen-bond acceptors (Lipinski definition) is 2. The van der Waals surface area contributed by atoms with Crippen LogP contribution in [0.1, 0.15) is 15.9 Å². The minimum atomic E-state index is -0.650. The van der Waals surface area contributed by atoms with Gasteiger partial charge in [-0.3, -0.25) is 4.79 Å². The van der Waals surface area contributed by atoms with Crippen LogP contribution >= 0.6 is 39.1 Å². The van der Waals surface area contributed by atoms with Crippen LogP contribution in [-0.4, -0.2) is 5.91 Å². The Morgan fingerprint density at radius 3 is 2.62 bits per heavy atom. The number of nitrogen functional groups attached to an aromatic ring is 1. The molecule has 0 radical (unpaired) electrons. The summed E-state index contributed by atoms with van der Waals surface area (Å²) in [5, 5.41) is 2.95. The molecule has 2 rings (SSSR count). The fourth-order valence-electron chi connectivity index (χ4n) is 1.77. The quantitative estimate of drug-likeness (QED) is 0.556. The number of benzene rings is 2. The third-order valence-electron chi connectivity index (χ3n) is 2.80. The van der Waals surface area contributed by atoms with E-state index in [1.807, 2.05) is 0 Å². The molecule has 0 fully saturated rings. The number of rotatable bonds is 2. The molecule has 3 nitrogen and oxygen atoms in total. The van der Waals surface area contributed by atoms with Crippen molar-refractivity contribution < 1.29 is 9.18 Å². The number of amides is 1. The largest absolute Gasteiger partial charge is 0.399 e. The van der Waals surface area contributed by atoms with Crippen LogP contribution in [0.3, 0.4) is 0 Å². The zero-order valence-corrected chi connectivity index (χ0v) is 13.9. The molecule has 0 unspecified atom stereocenters. The number of carbonyl (C=O) groups is 1. The van der Waals surface area contributed by atoms with Crippen LogP contribution in [0.25, 0.3) is 0 Å². The zero-order chi connectivity index (χ0) is 15.7. The molecule has 7 heteroatoms. The highest BCUT2D eigenvalue weighted by atomic mass is 79.9. The van der Waals surface area contributed by atoms with Gasteiger partial charge in [-0.05, 0) is 52.7 Å². The van der Waals surface area contributed by atoms with Gasteiger partial charge in [-0.15, -0.1) is 0 Å². The standard InChI is InChI=1S/C14H10BrCl2FN2O/c1-6-4-7(19)5-8(13(6)18)14(21)20-10-3-2-9(15)11(16)12(10)17/h2-5H,19H2,1H3,(H,20,21). The average Bonchev–Trinajstić information content (AvgIpc) is 2.43. The maximum atomic E-state index is 14.0. The maximum Gasteiger partial charge on any atom is 0.258 e. The second kappa shape index (κ2) is 6.22. The first-order valence-electron chi connectivity index (χ1n) is 5.81. The minimum Gasteiger partial charge on any atom is -0.399 e. The lowest BCUT2D eigenvalue weighted by Gasteiger charge is -2.11. The van der Waals surface area contributed by atoms with Gasteiger partial charge >= 0.3 is 0 Å². The van der Waals surface area contributed by atoms with Gasteiger partial charge in [-0.2, -0.15) is 0 Å².